The summed E-state index contributed by atoms with van der Waals surface area (Å²) >= 11 is 0. The first-order valence-corrected chi connectivity index (χ1v) is 7.37. The molecule has 104 valence electrons. The van der Waals surface area contributed by atoms with Gasteiger partial charge in [0.2, 0.25) is 0 Å². The van der Waals surface area contributed by atoms with Gasteiger partial charge in [0.1, 0.15) is 0 Å². The third-order valence-corrected chi connectivity index (χ3v) is 4.83. The van der Waals surface area contributed by atoms with Gasteiger partial charge in [0.25, 0.3) is 0 Å². The van der Waals surface area contributed by atoms with E-state index in [2.05, 4.69) is 5.32 Å². The fourth-order valence-electron chi connectivity index (χ4n) is 3.48. The van der Waals surface area contributed by atoms with Gasteiger partial charge in [0.15, 0.2) is 0 Å². The summed E-state index contributed by atoms with van der Waals surface area (Å²) in [4.78, 5) is 0. The Morgan fingerprint density at radius 3 is 2.00 bits per heavy atom. The van der Waals surface area contributed by atoms with E-state index in [1.54, 1.807) is 0 Å². The van der Waals surface area contributed by atoms with E-state index in [-0.39, 0.29) is 6.04 Å². The lowest BCUT2D eigenvalue weighted by atomic mass is 9.84. The molecule has 0 aromatic rings. The third-order valence-electron chi connectivity index (χ3n) is 4.83. The number of alkyl halides is 3. The molecule has 0 amide bonds. The minimum Gasteiger partial charge on any atom is -0.311 e. The van der Waals surface area contributed by atoms with Gasteiger partial charge >= 0.3 is 6.18 Å². The summed E-state index contributed by atoms with van der Waals surface area (Å²) < 4.78 is 38.3. The zero-order valence-corrected chi connectivity index (χ0v) is 10.7. The maximum absolute atomic E-state index is 12.8. The van der Waals surface area contributed by atoms with Crippen LogP contribution < -0.4 is 5.32 Å². The lowest BCUT2D eigenvalue weighted by Crippen LogP contribution is -2.45. The zero-order valence-electron chi connectivity index (χ0n) is 10.7. The molecule has 3 fully saturated rings. The van der Waals surface area contributed by atoms with Crippen molar-refractivity contribution in [2.24, 2.45) is 17.8 Å². The van der Waals surface area contributed by atoms with Gasteiger partial charge in [-0.25, -0.2) is 0 Å². The van der Waals surface area contributed by atoms with Crippen LogP contribution in [0.1, 0.15) is 51.4 Å². The largest absolute Gasteiger partial charge is 0.391 e. The predicted octanol–water partition coefficient (Wildman–Crippen LogP) is 3.89. The summed E-state index contributed by atoms with van der Waals surface area (Å²) in [5.41, 5.74) is 0. The second-order valence-corrected chi connectivity index (χ2v) is 6.47. The Bertz CT molecular complexity index is 282. The molecule has 1 nitrogen and oxygen atoms in total. The summed E-state index contributed by atoms with van der Waals surface area (Å²) in [5.74, 6) is 0.468. The van der Waals surface area contributed by atoms with Gasteiger partial charge in [-0.05, 0) is 56.8 Å². The molecule has 3 rings (SSSR count). The first-order chi connectivity index (χ1) is 8.54. The Kier molecular flexibility index (Phi) is 3.33. The van der Waals surface area contributed by atoms with Gasteiger partial charge in [0, 0.05) is 12.1 Å². The molecule has 0 spiro atoms. The standard InChI is InChI=1S/C14H22F3N/c15-14(16,17)11-2-1-3-12(8-11)18-13(9-4-5-9)10-6-7-10/h9-13,18H,1-8H2. The number of hydrogen-bond donors (Lipinski definition) is 1. The van der Waals surface area contributed by atoms with Crippen molar-refractivity contribution in [3.8, 4) is 0 Å². The average Bonchev–Trinajstić information content (AvgIpc) is 3.16. The number of halogens is 3. The van der Waals surface area contributed by atoms with Crippen LogP contribution in [0.4, 0.5) is 13.2 Å². The van der Waals surface area contributed by atoms with Gasteiger partial charge in [-0.2, -0.15) is 13.2 Å². The Hall–Kier alpha value is -0.250. The molecule has 0 aliphatic heterocycles. The van der Waals surface area contributed by atoms with E-state index >= 15 is 0 Å². The highest BCUT2D eigenvalue weighted by Crippen LogP contribution is 2.45. The van der Waals surface area contributed by atoms with Crippen LogP contribution in [0.5, 0.6) is 0 Å². The van der Waals surface area contributed by atoms with Crippen molar-refractivity contribution < 1.29 is 13.2 Å². The minimum atomic E-state index is -3.99. The second-order valence-electron chi connectivity index (χ2n) is 6.47. The predicted molar refractivity (Wildman–Crippen MR) is 64.2 cm³/mol. The Morgan fingerprint density at radius 1 is 0.889 bits per heavy atom. The van der Waals surface area contributed by atoms with Gasteiger partial charge < -0.3 is 5.32 Å². The Labute approximate surface area is 107 Å². The van der Waals surface area contributed by atoms with Crippen LogP contribution in [-0.2, 0) is 0 Å². The molecular formula is C14H22F3N. The van der Waals surface area contributed by atoms with Crippen LogP contribution in [0.15, 0.2) is 0 Å². The SMILES string of the molecule is FC(F)(F)C1CCCC(NC(C2CC2)C2CC2)C1. The van der Waals surface area contributed by atoms with E-state index in [9.17, 15) is 13.2 Å². The highest BCUT2D eigenvalue weighted by atomic mass is 19.4. The molecule has 3 aliphatic carbocycles. The molecule has 0 saturated heterocycles. The van der Waals surface area contributed by atoms with Gasteiger partial charge in [-0.15, -0.1) is 0 Å². The number of nitrogens with one attached hydrogen (secondary N) is 1. The number of hydrogen-bond acceptors (Lipinski definition) is 1. The molecule has 18 heavy (non-hydrogen) atoms. The quantitative estimate of drug-likeness (QED) is 0.809. The lowest BCUT2D eigenvalue weighted by Gasteiger charge is -2.34. The molecule has 2 atom stereocenters. The smallest absolute Gasteiger partial charge is 0.311 e. The Morgan fingerprint density at radius 2 is 1.50 bits per heavy atom. The summed E-state index contributed by atoms with van der Waals surface area (Å²) in [6.07, 6.45) is 3.43. The van der Waals surface area contributed by atoms with Crippen molar-refractivity contribution >= 4 is 0 Å². The van der Waals surface area contributed by atoms with E-state index in [4.69, 9.17) is 0 Å². The molecule has 0 bridgehead atoms. The van der Waals surface area contributed by atoms with Crippen LogP contribution in [-0.4, -0.2) is 18.3 Å². The molecule has 0 radical (unpaired) electrons. The second kappa shape index (κ2) is 4.69. The van der Waals surface area contributed by atoms with E-state index in [1.807, 2.05) is 0 Å². The van der Waals surface area contributed by atoms with Crippen LogP contribution in [0, 0.1) is 17.8 Å². The molecule has 3 aliphatic rings. The molecular weight excluding hydrogens is 239 g/mol. The van der Waals surface area contributed by atoms with Crippen LogP contribution >= 0.6 is 0 Å². The zero-order chi connectivity index (χ0) is 12.8. The molecule has 4 heteroatoms. The molecule has 0 aromatic heterocycles. The molecule has 2 unspecified atom stereocenters. The van der Waals surface area contributed by atoms with Gasteiger partial charge in [-0.1, -0.05) is 6.42 Å². The summed E-state index contributed by atoms with van der Waals surface area (Å²) in [7, 11) is 0. The highest BCUT2D eigenvalue weighted by Gasteiger charge is 2.45. The van der Waals surface area contributed by atoms with Crippen LogP contribution in [0.25, 0.3) is 0 Å². The van der Waals surface area contributed by atoms with Gasteiger partial charge in [-0.3, -0.25) is 0 Å². The van der Waals surface area contributed by atoms with Crippen molar-refractivity contribution in [2.75, 3.05) is 0 Å². The molecule has 0 aromatic carbocycles. The maximum Gasteiger partial charge on any atom is 0.391 e. The third kappa shape index (κ3) is 3.01. The van der Waals surface area contributed by atoms with E-state index in [1.165, 1.54) is 25.7 Å². The topological polar surface area (TPSA) is 12.0 Å². The minimum absolute atomic E-state index is 0.108. The summed E-state index contributed by atoms with van der Waals surface area (Å²) in [6.45, 7) is 0. The monoisotopic (exact) mass is 261 g/mol. The number of rotatable bonds is 4. The van der Waals surface area contributed by atoms with Crippen LogP contribution in [0.2, 0.25) is 0 Å². The van der Waals surface area contributed by atoms with Crippen molar-refractivity contribution in [3.63, 3.8) is 0 Å². The lowest BCUT2D eigenvalue weighted by molar-refractivity contribution is -0.184. The van der Waals surface area contributed by atoms with E-state index in [0.717, 1.165) is 24.7 Å². The fourth-order valence-corrected chi connectivity index (χ4v) is 3.48. The first kappa shape index (κ1) is 12.8. The first-order valence-electron chi connectivity index (χ1n) is 7.37. The summed E-state index contributed by atoms with van der Waals surface area (Å²) in [5, 5.41) is 3.58. The normalized spacial score (nSPS) is 34.0. The highest BCUT2D eigenvalue weighted by molar-refractivity contribution is 4.98. The Balaban J connectivity index is 1.55. The van der Waals surface area contributed by atoms with Crippen molar-refractivity contribution in [2.45, 2.75) is 69.6 Å². The average molecular weight is 261 g/mol. The van der Waals surface area contributed by atoms with Gasteiger partial charge in [0.05, 0.1) is 5.92 Å². The summed E-state index contributed by atoms with van der Waals surface area (Å²) in [6, 6.07) is 0.638. The fraction of sp³-hybridized carbons (Fsp3) is 1.00. The van der Waals surface area contributed by atoms with E-state index in [0.29, 0.717) is 18.9 Å². The molecule has 0 heterocycles. The van der Waals surface area contributed by atoms with Crippen molar-refractivity contribution in [3.05, 3.63) is 0 Å². The van der Waals surface area contributed by atoms with E-state index < -0.39 is 12.1 Å². The molecule has 1 N–H and O–H groups in total. The van der Waals surface area contributed by atoms with Crippen LogP contribution in [0.3, 0.4) is 0 Å². The maximum atomic E-state index is 12.8. The van der Waals surface area contributed by atoms with Crippen molar-refractivity contribution in [1.82, 2.24) is 5.32 Å². The molecule has 3 saturated carbocycles. The van der Waals surface area contributed by atoms with Crippen molar-refractivity contribution in [1.29, 1.82) is 0 Å².